The summed E-state index contributed by atoms with van der Waals surface area (Å²) < 4.78 is 4.89. The van der Waals surface area contributed by atoms with E-state index in [0.717, 1.165) is 0 Å². The molecule has 2 aromatic rings. The van der Waals surface area contributed by atoms with E-state index in [1.54, 1.807) is 36.4 Å². The number of phenols is 1. The van der Waals surface area contributed by atoms with Crippen LogP contribution in [0, 0.1) is 11.3 Å². The van der Waals surface area contributed by atoms with Crippen molar-refractivity contribution in [3.8, 4) is 11.8 Å². The Hall–Kier alpha value is -3.33. The fourth-order valence-corrected chi connectivity index (χ4v) is 1.80. The highest BCUT2D eigenvalue weighted by atomic mass is 16.5. The number of carbonyl (C=O) groups is 2. The van der Waals surface area contributed by atoms with E-state index >= 15 is 0 Å². The van der Waals surface area contributed by atoms with Crippen molar-refractivity contribution < 1.29 is 19.4 Å². The molecule has 0 radical (unpaired) electrons. The number of carbonyl (C=O) groups excluding carboxylic acids is 2. The van der Waals surface area contributed by atoms with Crippen LogP contribution in [0.2, 0.25) is 0 Å². The topological polar surface area (TPSA) is 99.4 Å². The normalized spacial score (nSPS) is 9.70. The number of hydrogen-bond acceptors (Lipinski definition) is 5. The Labute approximate surface area is 132 Å². The molecule has 0 atom stereocenters. The molecule has 1 amide bonds. The second-order valence-corrected chi connectivity index (χ2v) is 4.74. The van der Waals surface area contributed by atoms with Crippen LogP contribution in [-0.2, 0) is 20.7 Å². The summed E-state index contributed by atoms with van der Waals surface area (Å²) in [5, 5.41) is 20.4. The zero-order valence-corrected chi connectivity index (χ0v) is 12.2. The van der Waals surface area contributed by atoms with Gasteiger partial charge in [-0.1, -0.05) is 12.1 Å². The Morgan fingerprint density at radius 2 is 1.74 bits per heavy atom. The number of benzene rings is 2. The van der Waals surface area contributed by atoms with E-state index in [4.69, 9.17) is 15.1 Å². The SMILES string of the molecule is N#Cc1ccc(NC(=O)COC(=O)Cc2ccc(O)cc2)cc1. The second kappa shape index (κ2) is 7.61. The lowest BCUT2D eigenvalue weighted by Gasteiger charge is -2.07. The van der Waals surface area contributed by atoms with Gasteiger partial charge in [-0.15, -0.1) is 0 Å². The van der Waals surface area contributed by atoms with E-state index in [0.29, 0.717) is 16.8 Å². The van der Waals surface area contributed by atoms with Gasteiger partial charge in [0, 0.05) is 5.69 Å². The molecule has 0 aromatic heterocycles. The van der Waals surface area contributed by atoms with E-state index in [9.17, 15) is 9.59 Å². The van der Waals surface area contributed by atoms with Gasteiger partial charge in [0.25, 0.3) is 5.91 Å². The van der Waals surface area contributed by atoms with Gasteiger partial charge < -0.3 is 15.2 Å². The third-order valence-corrected chi connectivity index (χ3v) is 2.95. The van der Waals surface area contributed by atoms with Gasteiger partial charge in [-0.2, -0.15) is 5.26 Å². The number of nitrogens with zero attached hydrogens (tertiary/aromatic N) is 1. The molecule has 0 unspecified atom stereocenters. The van der Waals surface area contributed by atoms with E-state index in [-0.39, 0.29) is 12.2 Å². The first-order valence-corrected chi connectivity index (χ1v) is 6.80. The lowest BCUT2D eigenvalue weighted by molar-refractivity contribution is -0.146. The summed E-state index contributed by atoms with van der Waals surface area (Å²) in [7, 11) is 0. The monoisotopic (exact) mass is 310 g/mol. The quantitative estimate of drug-likeness (QED) is 0.823. The Bertz CT molecular complexity index is 731. The van der Waals surface area contributed by atoms with Crippen LogP contribution in [0.15, 0.2) is 48.5 Å². The molecule has 0 aliphatic rings. The Kier molecular flexibility index (Phi) is 5.31. The van der Waals surface area contributed by atoms with Gasteiger partial charge in [0.15, 0.2) is 6.61 Å². The van der Waals surface area contributed by atoms with Gasteiger partial charge in [-0.25, -0.2) is 0 Å². The minimum atomic E-state index is -0.536. The van der Waals surface area contributed by atoms with Crippen LogP contribution in [0.4, 0.5) is 5.69 Å². The van der Waals surface area contributed by atoms with Crippen molar-refractivity contribution in [2.24, 2.45) is 0 Å². The molecule has 0 bridgehead atoms. The third kappa shape index (κ3) is 5.17. The highest BCUT2D eigenvalue weighted by Crippen LogP contribution is 2.11. The van der Waals surface area contributed by atoms with E-state index < -0.39 is 18.5 Å². The van der Waals surface area contributed by atoms with Crippen LogP contribution in [0.3, 0.4) is 0 Å². The number of phenolic OH excluding ortho intramolecular Hbond substituents is 1. The molecular formula is C17H14N2O4. The molecule has 23 heavy (non-hydrogen) atoms. The van der Waals surface area contributed by atoms with Gasteiger partial charge in [-0.05, 0) is 42.0 Å². The molecule has 0 saturated heterocycles. The molecule has 0 heterocycles. The van der Waals surface area contributed by atoms with Crippen LogP contribution in [0.1, 0.15) is 11.1 Å². The van der Waals surface area contributed by atoms with Crippen LogP contribution in [0.5, 0.6) is 5.75 Å². The summed E-state index contributed by atoms with van der Waals surface area (Å²) in [6.45, 7) is -0.392. The summed E-state index contributed by atoms with van der Waals surface area (Å²) in [6.07, 6.45) is 0.0183. The van der Waals surface area contributed by atoms with E-state index in [1.807, 2.05) is 6.07 Å². The molecule has 0 spiro atoms. The molecule has 6 nitrogen and oxygen atoms in total. The second-order valence-electron chi connectivity index (χ2n) is 4.74. The largest absolute Gasteiger partial charge is 0.508 e. The predicted octanol–water partition coefficient (Wildman–Crippen LogP) is 1.99. The van der Waals surface area contributed by atoms with Crippen molar-refractivity contribution in [2.45, 2.75) is 6.42 Å². The Balaban J connectivity index is 1.78. The molecule has 2 N–H and O–H groups in total. The minimum absolute atomic E-state index is 0.0183. The maximum absolute atomic E-state index is 11.7. The number of anilines is 1. The smallest absolute Gasteiger partial charge is 0.310 e. The Morgan fingerprint density at radius 1 is 1.09 bits per heavy atom. The molecule has 0 aliphatic heterocycles. The van der Waals surface area contributed by atoms with E-state index in [1.165, 1.54) is 12.1 Å². The molecule has 0 fully saturated rings. The van der Waals surface area contributed by atoms with Crippen LogP contribution >= 0.6 is 0 Å². The third-order valence-electron chi connectivity index (χ3n) is 2.95. The van der Waals surface area contributed by atoms with Crippen LogP contribution in [0.25, 0.3) is 0 Å². The molecule has 2 aromatic carbocycles. The van der Waals surface area contributed by atoms with Crippen molar-refractivity contribution >= 4 is 17.6 Å². The summed E-state index contributed by atoms with van der Waals surface area (Å²) in [5.41, 5.74) is 1.69. The number of aromatic hydroxyl groups is 1. The lowest BCUT2D eigenvalue weighted by atomic mass is 10.1. The lowest BCUT2D eigenvalue weighted by Crippen LogP contribution is -2.21. The molecule has 2 rings (SSSR count). The van der Waals surface area contributed by atoms with Gasteiger partial charge in [0.05, 0.1) is 18.1 Å². The fourth-order valence-electron chi connectivity index (χ4n) is 1.80. The van der Waals surface area contributed by atoms with Crippen LogP contribution < -0.4 is 5.32 Å². The highest BCUT2D eigenvalue weighted by Gasteiger charge is 2.09. The summed E-state index contributed by atoms with van der Waals surface area (Å²) in [4.78, 5) is 23.3. The molecule has 0 aliphatic carbocycles. The van der Waals surface area contributed by atoms with Crippen molar-refractivity contribution in [3.63, 3.8) is 0 Å². The number of rotatable bonds is 5. The first-order valence-electron chi connectivity index (χ1n) is 6.80. The average Bonchev–Trinajstić information content (AvgIpc) is 2.56. The Morgan fingerprint density at radius 3 is 2.35 bits per heavy atom. The van der Waals surface area contributed by atoms with Crippen molar-refractivity contribution in [1.82, 2.24) is 0 Å². The zero-order chi connectivity index (χ0) is 16.7. The predicted molar refractivity (Wildman–Crippen MR) is 82.6 cm³/mol. The van der Waals surface area contributed by atoms with E-state index in [2.05, 4.69) is 5.32 Å². The molecule has 6 heteroatoms. The van der Waals surface area contributed by atoms with Crippen LogP contribution in [-0.4, -0.2) is 23.6 Å². The number of ether oxygens (including phenoxy) is 1. The fraction of sp³-hybridized carbons (Fsp3) is 0.118. The molecule has 0 saturated carbocycles. The highest BCUT2D eigenvalue weighted by molar-refractivity contribution is 5.92. The summed E-state index contributed by atoms with van der Waals surface area (Å²) in [5.74, 6) is -0.886. The maximum Gasteiger partial charge on any atom is 0.310 e. The number of amides is 1. The standard InChI is InChI=1S/C17H14N2O4/c18-10-13-1-5-14(6-2-13)19-16(21)11-23-17(22)9-12-3-7-15(20)8-4-12/h1-8,20H,9,11H2,(H,19,21). The van der Waals surface area contributed by atoms with Gasteiger partial charge in [-0.3, -0.25) is 9.59 Å². The number of esters is 1. The zero-order valence-electron chi connectivity index (χ0n) is 12.2. The minimum Gasteiger partial charge on any atom is -0.508 e. The molecule has 116 valence electrons. The average molecular weight is 310 g/mol. The van der Waals surface area contributed by atoms with Crippen molar-refractivity contribution in [1.29, 1.82) is 5.26 Å². The first kappa shape index (κ1) is 16.0. The number of hydrogen-bond donors (Lipinski definition) is 2. The maximum atomic E-state index is 11.7. The number of nitrogens with one attached hydrogen (secondary N) is 1. The first-order chi connectivity index (χ1) is 11.1. The van der Waals surface area contributed by atoms with Gasteiger partial charge >= 0.3 is 5.97 Å². The van der Waals surface area contributed by atoms with Crippen molar-refractivity contribution in [3.05, 3.63) is 59.7 Å². The molecular weight excluding hydrogens is 296 g/mol. The van der Waals surface area contributed by atoms with Gasteiger partial charge in [0.1, 0.15) is 5.75 Å². The van der Waals surface area contributed by atoms with Crippen molar-refractivity contribution in [2.75, 3.05) is 11.9 Å². The summed E-state index contributed by atoms with van der Waals surface area (Å²) in [6, 6.07) is 14.5. The number of nitriles is 1. The van der Waals surface area contributed by atoms with Gasteiger partial charge in [0.2, 0.25) is 0 Å². The summed E-state index contributed by atoms with van der Waals surface area (Å²) >= 11 is 0.